The van der Waals surface area contributed by atoms with Crippen LogP contribution in [-0.4, -0.2) is 38.2 Å². The van der Waals surface area contributed by atoms with Crippen LogP contribution < -0.4 is 5.32 Å². The molecular weight excluding hydrogens is 312 g/mol. The number of hydrogen-bond acceptors (Lipinski definition) is 5. The van der Waals surface area contributed by atoms with Crippen molar-refractivity contribution in [2.24, 2.45) is 0 Å². The van der Waals surface area contributed by atoms with Gasteiger partial charge in [-0.3, -0.25) is 4.90 Å². The molecule has 4 rings (SSSR count). The highest BCUT2D eigenvalue weighted by Gasteiger charge is 2.37. The quantitative estimate of drug-likeness (QED) is 0.878. The zero-order valence-corrected chi connectivity index (χ0v) is 14.5. The number of fused-ring (bicyclic) bond motifs is 2. The Bertz CT molecular complexity index is 662. The maximum absolute atomic E-state index is 10.0. The van der Waals surface area contributed by atoms with Crippen molar-refractivity contribution in [3.05, 3.63) is 53.9 Å². The highest BCUT2D eigenvalue weighted by molar-refractivity contribution is 5.28. The van der Waals surface area contributed by atoms with Gasteiger partial charge in [-0.1, -0.05) is 36.8 Å². The topological polar surface area (TPSA) is 61.3 Å². The Morgan fingerprint density at radius 3 is 2.36 bits per heavy atom. The fourth-order valence-electron chi connectivity index (χ4n) is 4.22. The van der Waals surface area contributed by atoms with Crippen molar-refractivity contribution in [2.45, 2.75) is 63.4 Å². The van der Waals surface area contributed by atoms with E-state index in [-0.39, 0.29) is 6.10 Å². The second-order valence-corrected chi connectivity index (χ2v) is 7.29. The molecule has 2 aromatic rings. The lowest BCUT2D eigenvalue weighted by Gasteiger charge is -2.47. The van der Waals surface area contributed by atoms with Crippen LogP contribution in [0.4, 0.5) is 5.95 Å². The molecule has 1 aromatic carbocycles. The van der Waals surface area contributed by atoms with Crippen molar-refractivity contribution in [1.82, 2.24) is 14.9 Å². The van der Waals surface area contributed by atoms with Crippen molar-refractivity contribution < 1.29 is 5.11 Å². The lowest BCUT2D eigenvalue weighted by molar-refractivity contribution is -0.0313. The zero-order chi connectivity index (χ0) is 17.1. The Morgan fingerprint density at radius 2 is 1.68 bits per heavy atom. The van der Waals surface area contributed by atoms with Gasteiger partial charge in [0.15, 0.2) is 0 Å². The first-order valence-corrected chi connectivity index (χ1v) is 9.30. The lowest BCUT2D eigenvalue weighted by atomic mass is 9.83. The van der Waals surface area contributed by atoms with Crippen molar-refractivity contribution in [3.8, 4) is 0 Å². The van der Waals surface area contributed by atoms with Crippen molar-refractivity contribution in [1.29, 1.82) is 0 Å². The minimum absolute atomic E-state index is 0.118. The van der Waals surface area contributed by atoms with Crippen molar-refractivity contribution in [2.75, 3.05) is 5.32 Å². The van der Waals surface area contributed by atoms with E-state index in [1.165, 1.54) is 24.8 Å². The molecular formula is C20H26N4O. The van der Waals surface area contributed by atoms with Crippen LogP contribution in [0.3, 0.4) is 0 Å². The Kier molecular flexibility index (Phi) is 4.95. The van der Waals surface area contributed by atoms with Gasteiger partial charge in [-0.2, -0.15) is 0 Å². The SMILES string of the molecule is OC1C[C@H]2CCC[C@@H](C1)N2Cc1cnc(NCc2ccccc2)nc1. The summed E-state index contributed by atoms with van der Waals surface area (Å²) in [6.07, 6.45) is 9.25. The number of aliphatic hydroxyl groups excluding tert-OH is 1. The molecule has 0 aliphatic carbocycles. The second-order valence-electron chi connectivity index (χ2n) is 7.29. The summed E-state index contributed by atoms with van der Waals surface area (Å²) >= 11 is 0. The van der Waals surface area contributed by atoms with Crippen LogP contribution in [0.15, 0.2) is 42.7 Å². The van der Waals surface area contributed by atoms with E-state index in [1.807, 2.05) is 30.6 Å². The summed E-state index contributed by atoms with van der Waals surface area (Å²) in [5, 5.41) is 13.3. The molecule has 2 bridgehead atoms. The zero-order valence-electron chi connectivity index (χ0n) is 14.5. The van der Waals surface area contributed by atoms with Gasteiger partial charge in [0.25, 0.3) is 0 Å². The van der Waals surface area contributed by atoms with Crippen LogP contribution in [0.25, 0.3) is 0 Å². The molecule has 0 amide bonds. The van der Waals surface area contributed by atoms with Gasteiger partial charge in [0.2, 0.25) is 5.95 Å². The van der Waals surface area contributed by atoms with E-state index < -0.39 is 0 Å². The average molecular weight is 338 g/mol. The molecule has 2 N–H and O–H groups in total. The number of hydrogen-bond donors (Lipinski definition) is 2. The molecule has 0 radical (unpaired) electrons. The molecule has 1 aromatic heterocycles. The van der Waals surface area contributed by atoms with Gasteiger partial charge >= 0.3 is 0 Å². The third-order valence-corrected chi connectivity index (χ3v) is 5.46. The van der Waals surface area contributed by atoms with E-state index in [9.17, 15) is 5.11 Å². The van der Waals surface area contributed by atoms with Crippen LogP contribution in [-0.2, 0) is 13.1 Å². The molecule has 0 spiro atoms. The molecule has 5 heteroatoms. The first-order valence-electron chi connectivity index (χ1n) is 9.30. The largest absolute Gasteiger partial charge is 0.393 e. The normalized spacial score (nSPS) is 26.4. The second kappa shape index (κ2) is 7.50. The Morgan fingerprint density at radius 1 is 1.00 bits per heavy atom. The maximum Gasteiger partial charge on any atom is 0.222 e. The summed E-state index contributed by atoms with van der Waals surface area (Å²) in [6.45, 7) is 1.62. The lowest BCUT2D eigenvalue weighted by Crippen LogP contribution is -2.52. The Hall–Kier alpha value is -1.98. The standard InChI is InChI=1S/C20H26N4O/c25-19-9-17-7-4-8-18(10-19)24(17)14-16-12-22-20(23-13-16)21-11-15-5-2-1-3-6-15/h1-3,5-6,12-13,17-19,25H,4,7-11,14H2,(H,21,22,23)/t17-,18+,19?. The van der Waals surface area contributed by atoms with Gasteiger partial charge in [0.1, 0.15) is 0 Å². The number of rotatable bonds is 5. The van der Waals surface area contributed by atoms with Crippen LogP contribution in [0.2, 0.25) is 0 Å². The number of nitrogens with zero attached hydrogens (tertiary/aromatic N) is 3. The third kappa shape index (κ3) is 3.99. The smallest absolute Gasteiger partial charge is 0.222 e. The predicted molar refractivity (Wildman–Crippen MR) is 98.0 cm³/mol. The molecule has 5 nitrogen and oxygen atoms in total. The average Bonchev–Trinajstić information content (AvgIpc) is 2.63. The number of benzene rings is 1. The monoisotopic (exact) mass is 338 g/mol. The van der Waals surface area contributed by atoms with Gasteiger partial charge in [0.05, 0.1) is 6.10 Å². The summed E-state index contributed by atoms with van der Waals surface area (Å²) in [7, 11) is 0. The van der Waals surface area contributed by atoms with Gasteiger partial charge in [-0.25, -0.2) is 9.97 Å². The van der Waals surface area contributed by atoms with E-state index in [1.54, 1.807) is 0 Å². The summed E-state index contributed by atoms with van der Waals surface area (Å²) in [5.74, 6) is 0.668. The van der Waals surface area contributed by atoms with Crippen LogP contribution >= 0.6 is 0 Å². The van der Waals surface area contributed by atoms with E-state index in [0.29, 0.717) is 18.0 Å². The maximum atomic E-state index is 10.0. The molecule has 2 fully saturated rings. The van der Waals surface area contributed by atoms with Crippen LogP contribution in [0.1, 0.15) is 43.2 Å². The Labute approximate surface area is 149 Å². The summed E-state index contributed by atoms with van der Waals surface area (Å²) in [5.41, 5.74) is 2.37. The fourth-order valence-corrected chi connectivity index (χ4v) is 4.22. The van der Waals surface area contributed by atoms with Crippen LogP contribution in [0.5, 0.6) is 0 Å². The highest BCUT2D eigenvalue weighted by Crippen LogP contribution is 2.35. The van der Waals surface area contributed by atoms with Gasteiger partial charge in [-0.15, -0.1) is 0 Å². The minimum atomic E-state index is -0.118. The first kappa shape index (κ1) is 16.5. The minimum Gasteiger partial charge on any atom is -0.393 e. The molecule has 3 heterocycles. The fraction of sp³-hybridized carbons (Fsp3) is 0.500. The predicted octanol–water partition coefficient (Wildman–Crippen LogP) is 2.97. The molecule has 0 saturated carbocycles. The summed E-state index contributed by atoms with van der Waals surface area (Å²) < 4.78 is 0. The number of aliphatic hydroxyl groups is 1. The van der Waals surface area contributed by atoms with Gasteiger partial charge < -0.3 is 10.4 Å². The van der Waals surface area contributed by atoms with E-state index in [0.717, 1.165) is 31.5 Å². The number of anilines is 1. The molecule has 2 aliphatic heterocycles. The Balaban J connectivity index is 1.36. The molecule has 25 heavy (non-hydrogen) atoms. The van der Waals surface area contributed by atoms with E-state index in [2.05, 4.69) is 32.3 Å². The van der Waals surface area contributed by atoms with E-state index in [4.69, 9.17) is 0 Å². The molecule has 3 atom stereocenters. The van der Waals surface area contributed by atoms with Crippen molar-refractivity contribution >= 4 is 5.95 Å². The van der Waals surface area contributed by atoms with E-state index >= 15 is 0 Å². The summed E-state index contributed by atoms with van der Waals surface area (Å²) in [4.78, 5) is 11.5. The molecule has 2 saturated heterocycles. The van der Waals surface area contributed by atoms with Gasteiger partial charge in [0, 0.05) is 43.1 Å². The summed E-state index contributed by atoms with van der Waals surface area (Å²) in [6, 6.07) is 11.3. The van der Waals surface area contributed by atoms with Crippen molar-refractivity contribution in [3.63, 3.8) is 0 Å². The molecule has 132 valence electrons. The van der Waals surface area contributed by atoms with Gasteiger partial charge in [-0.05, 0) is 31.2 Å². The van der Waals surface area contributed by atoms with Crippen LogP contribution in [0, 0.1) is 0 Å². The number of nitrogens with one attached hydrogen (secondary N) is 1. The molecule has 2 aliphatic rings. The number of aromatic nitrogens is 2. The molecule has 1 unspecified atom stereocenters. The first-order chi connectivity index (χ1) is 12.3. The highest BCUT2D eigenvalue weighted by atomic mass is 16.3. The number of piperidine rings is 2. The third-order valence-electron chi connectivity index (χ3n) is 5.46.